The molecular weight excluding hydrogens is 428 g/mol. The van der Waals surface area contributed by atoms with Crippen LogP contribution in [0.2, 0.25) is 5.02 Å². The Labute approximate surface area is 189 Å². The average Bonchev–Trinajstić information content (AvgIpc) is 3.23. The van der Waals surface area contributed by atoms with Crippen LogP contribution in [-0.2, 0) is 9.53 Å². The van der Waals surface area contributed by atoms with Crippen molar-refractivity contribution >= 4 is 40.0 Å². The number of amides is 1. The lowest BCUT2D eigenvalue weighted by Crippen LogP contribution is -2.61. The van der Waals surface area contributed by atoms with Gasteiger partial charge in [-0.25, -0.2) is 9.97 Å². The summed E-state index contributed by atoms with van der Waals surface area (Å²) >= 11 is 6.51. The Morgan fingerprint density at radius 1 is 1.25 bits per heavy atom. The Morgan fingerprint density at radius 2 is 2.06 bits per heavy atom. The number of nitrogens with zero attached hydrogens (tertiary/aromatic N) is 3. The summed E-state index contributed by atoms with van der Waals surface area (Å²) in [6, 6.07) is 8.19. The molecule has 9 heteroatoms. The second-order valence-electron chi connectivity index (χ2n) is 8.55. The number of allylic oxidation sites excluding steroid dienone is 1. The largest absolute Gasteiger partial charge is 0.378 e. The minimum absolute atomic E-state index is 0.0815. The molecule has 6 rings (SSSR count). The van der Waals surface area contributed by atoms with Gasteiger partial charge in [-0.05, 0) is 18.1 Å². The first-order chi connectivity index (χ1) is 15.6. The van der Waals surface area contributed by atoms with E-state index in [0.29, 0.717) is 22.3 Å². The van der Waals surface area contributed by atoms with Crippen LogP contribution in [0.25, 0.3) is 22.6 Å². The highest BCUT2D eigenvalue weighted by Gasteiger charge is 2.54. The van der Waals surface area contributed by atoms with Gasteiger partial charge in [0, 0.05) is 36.3 Å². The van der Waals surface area contributed by atoms with Gasteiger partial charge in [-0.3, -0.25) is 4.79 Å². The molecule has 8 nitrogen and oxygen atoms in total. The second-order valence-corrected chi connectivity index (χ2v) is 8.96. The Kier molecular flexibility index (Phi) is 4.58. The third-order valence-corrected chi connectivity index (χ3v) is 7.11. The fourth-order valence-corrected chi connectivity index (χ4v) is 5.22. The normalized spacial score (nSPS) is 26.3. The van der Waals surface area contributed by atoms with Gasteiger partial charge >= 0.3 is 0 Å². The number of fused-ring (bicyclic) bond motifs is 2. The van der Waals surface area contributed by atoms with Crippen LogP contribution in [0.1, 0.15) is 0 Å². The molecule has 2 aromatic heterocycles. The topological polar surface area (TPSA) is 109 Å². The van der Waals surface area contributed by atoms with E-state index in [9.17, 15) is 4.79 Å². The van der Waals surface area contributed by atoms with Gasteiger partial charge in [0.2, 0.25) is 5.91 Å². The molecule has 0 radical (unpaired) electrons. The number of benzene rings is 1. The van der Waals surface area contributed by atoms with Crippen LogP contribution in [0, 0.1) is 17.8 Å². The Balaban J connectivity index is 1.34. The van der Waals surface area contributed by atoms with E-state index < -0.39 is 0 Å². The van der Waals surface area contributed by atoms with Crippen molar-refractivity contribution in [1.29, 1.82) is 0 Å². The number of primary amides is 1. The summed E-state index contributed by atoms with van der Waals surface area (Å²) in [7, 11) is 0. The zero-order valence-electron chi connectivity index (χ0n) is 17.3. The van der Waals surface area contributed by atoms with Crippen molar-refractivity contribution in [3.63, 3.8) is 0 Å². The number of hydrogen-bond acceptors (Lipinski definition) is 6. The first-order valence-corrected chi connectivity index (χ1v) is 11.2. The molecule has 1 aliphatic heterocycles. The zero-order valence-corrected chi connectivity index (χ0v) is 18.0. The minimum atomic E-state index is -0.292. The van der Waals surface area contributed by atoms with Gasteiger partial charge in [-0.2, -0.15) is 0 Å². The van der Waals surface area contributed by atoms with Crippen LogP contribution in [0.4, 0.5) is 11.4 Å². The third kappa shape index (κ3) is 3.05. The van der Waals surface area contributed by atoms with E-state index in [4.69, 9.17) is 27.1 Å². The van der Waals surface area contributed by atoms with E-state index in [-0.39, 0.29) is 23.8 Å². The maximum atomic E-state index is 11.9. The van der Waals surface area contributed by atoms with E-state index in [1.165, 1.54) is 0 Å². The van der Waals surface area contributed by atoms with Crippen molar-refractivity contribution in [2.75, 3.05) is 36.5 Å². The Hall–Kier alpha value is -3.10. The molecule has 4 N–H and O–H groups in total. The first kappa shape index (κ1) is 19.6. The van der Waals surface area contributed by atoms with Crippen molar-refractivity contribution in [1.82, 2.24) is 15.0 Å². The lowest BCUT2D eigenvalue weighted by molar-refractivity contribution is -0.129. The summed E-state index contributed by atoms with van der Waals surface area (Å²) < 4.78 is 5.47. The average molecular weight is 451 g/mol. The molecule has 1 saturated heterocycles. The number of carbonyl (C=O) groups excluding carboxylic acids is 1. The van der Waals surface area contributed by atoms with Gasteiger partial charge in [-0.1, -0.05) is 35.9 Å². The van der Waals surface area contributed by atoms with E-state index in [1.54, 1.807) is 6.20 Å². The molecular formula is C23H23ClN6O2. The van der Waals surface area contributed by atoms with Crippen LogP contribution < -0.4 is 16.0 Å². The van der Waals surface area contributed by atoms with E-state index >= 15 is 0 Å². The molecule has 4 atom stereocenters. The highest BCUT2D eigenvalue weighted by atomic mass is 35.5. The molecule has 164 valence electrons. The summed E-state index contributed by atoms with van der Waals surface area (Å²) in [5.74, 6) is 0.701. The first-order valence-electron chi connectivity index (χ1n) is 10.8. The van der Waals surface area contributed by atoms with Crippen LogP contribution in [0.3, 0.4) is 0 Å². The molecule has 0 spiro atoms. The van der Waals surface area contributed by atoms with Crippen molar-refractivity contribution < 1.29 is 9.53 Å². The SMILES string of the molecule is NC(=O)[C@H]1[C@@H]2C=CC2[C@H]1Nc1c(Cl)cnc2nc(-c3cccc(N4CCOCC4)c3)[nH]c12. The molecule has 3 aliphatic rings. The van der Waals surface area contributed by atoms with Gasteiger partial charge in [0.25, 0.3) is 0 Å². The number of morpholine rings is 1. The number of rotatable bonds is 5. The number of pyridine rings is 1. The van der Waals surface area contributed by atoms with Gasteiger partial charge < -0.3 is 25.7 Å². The molecule has 0 bridgehead atoms. The van der Waals surface area contributed by atoms with Crippen molar-refractivity contribution in [3.05, 3.63) is 47.6 Å². The van der Waals surface area contributed by atoms with Gasteiger partial charge in [-0.15, -0.1) is 0 Å². The highest BCUT2D eigenvalue weighted by molar-refractivity contribution is 6.34. The third-order valence-electron chi connectivity index (χ3n) is 6.83. The maximum absolute atomic E-state index is 11.9. The molecule has 1 aromatic carbocycles. The van der Waals surface area contributed by atoms with E-state index in [2.05, 4.69) is 44.5 Å². The fourth-order valence-electron chi connectivity index (χ4n) is 5.02. The van der Waals surface area contributed by atoms with Crippen molar-refractivity contribution in [2.24, 2.45) is 23.5 Å². The summed E-state index contributed by atoms with van der Waals surface area (Å²) in [6.45, 7) is 3.20. The zero-order chi connectivity index (χ0) is 21.8. The summed E-state index contributed by atoms with van der Waals surface area (Å²) in [4.78, 5) is 26.8. The number of nitrogens with two attached hydrogens (primary N) is 1. The monoisotopic (exact) mass is 450 g/mol. The smallest absolute Gasteiger partial charge is 0.223 e. The Morgan fingerprint density at radius 3 is 2.81 bits per heavy atom. The number of aromatic amines is 1. The number of nitrogens with one attached hydrogen (secondary N) is 2. The van der Waals surface area contributed by atoms with Crippen molar-refractivity contribution in [2.45, 2.75) is 6.04 Å². The molecule has 3 heterocycles. The van der Waals surface area contributed by atoms with Gasteiger partial charge in [0.1, 0.15) is 11.3 Å². The quantitative estimate of drug-likeness (QED) is 0.516. The Bertz CT molecular complexity index is 1230. The minimum Gasteiger partial charge on any atom is -0.378 e. The van der Waals surface area contributed by atoms with E-state index in [0.717, 1.165) is 48.9 Å². The molecule has 1 amide bonds. The van der Waals surface area contributed by atoms with Crippen LogP contribution in [0.15, 0.2) is 42.6 Å². The number of H-pyrrole nitrogens is 1. The summed E-state index contributed by atoms with van der Waals surface area (Å²) in [6.07, 6.45) is 5.76. The molecule has 2 fully saturated rings. The molecule has 32 heavy (non-hydrogen) atoms. The van der Waals surface area contributed by atoms with Crippen molar-refractivity contribution in [3.8, 4) is 11.4 Å². The molecule has 1 unspecified atom stereocenters. The van der Waals surface area contributed by atoms with Gasteiger partial charge in [0.15, 0.2) is 5.65 Å². The fraction of sp³-hybridized carbons (Fsp3) is 0.348. The molecule has 3 aromatic rings. The number of imidazole rings is 1. The van der Waals surface area contributed by atoms with Crippen LogP contribution in [0.5, 0.6) is 0 Å². The van der Waals surface area contributed by atoms with Crippen LogP contribution >= 0.6 is 11.6 Å². The van der Waals surface area contributed by atoms with Crippen LogP contribution in [-0.4, -0.2) is 53.2 Å². The lowest BCUT2D eigenvalue weighted by atomic mass is 9.54. The second kappa shape index (κ2) is 7.50. The predicted molar refractivity (Wildman–Crippen MR) is 124 cm³/mol. The predicted octanol–water partition coefficient (Wildman–Crippen LogP) is 2.81. The molecule has 2 aliphatic carbocycles. The number of halogens is 1. The van der Waals surface area contributed by atoms with Gasteiger partial charge in [0.05, 0.1) is 36.0 Å². The summed E-state index contributed by atoms with van der Waals surface area (Å²) in [5.41, 5.74) is 9.74. The number of anilines is 2. The highest BCUT2D eigenvalue weighted by Crippen LogP contribution is 2.50. The number of hydrogen-bond donors (Lipinski definition) is 3. The standard InChI is InChI=1S/C23H23ClN6O2/c24-16-11-26-23-20(19(16)27-18-15-5-4-14(15)17(18)21(25)31)28-22(29-23)12-2-1-3-13(10-12)30-6-8-32-9-7-30/h1-5,10-11,14-15,17-18H,6-9H2,(H2,25,31)(H2,26,27,28,29)/t14-,15?,17+,18-/m1/s1. The summed E-state index contributed by atoms with van der Waals surface area (Å²) in [5, 5.41) is 3.94. The maximum Gasteiger partial charge on any atom is 0.223 e. The number of carbonyl (C=O) groups is 1. The van der Waals surface area contributed by atoms with E-state index in [1.807, 2.05) is 12.1 Å². The molecule has 1 saturated carbocycles. The number of ether oxygens (including phenoxy) is 1. The lowest BCUT2D eigenvalue weighted by Gasteiger charge is -2.53. The number of aromatic nitrogens is 3.